The van der Waals surface area contributed by atoms with Gasteiger partial charge in [-0.15, -0.1) is 0 Å². The normalized spacial score (nSPS) is 11.1. The number of rotatable bonds is 4. The van der Waals surface area contributed by atoms with Crippen LogP contribution >= 0.6 is 11.6 Å². The quantitative estimate of drug-likeness (QED) is 0.821. The van der Waals surface area contributed by atoms with Crippen molar-refractivity contribution in [1.29, 1.82) is 0 Å². The standard InChI is InChI=1S/C13H10ClNO5S/c14-12-6-5-10(7-11(12)13(17)18)21(19,20)15-8-1-3-9(16)4-2-8/h1-7,15-16H,(H,17,18)/p-1. The molecule has 110 valence electrons. The Hall–Kier alpha value is -2.25. The number of anilines is 1. The van der Waals surface area contributed by atoms with Crippen molar-refractivity contribution in [2.75, 3.05) is 4.72 Å². The maximum Gasteiger partial charge on any atom is 0.261 e. The zero-order chi connectivity index (χ0) is 15.6. The Bertz CT molecular complexity index is 787. The second kappa shape index (κ2) is 5.63. The fourth-order valence-electron chi connectivity index (χ4n) is 1.57. The molecule has 0 saturated carbocycles. The third-order valence-corrected chi connectivity index (χ3v) is 4.30. The SMILES string of the molecule is O=C([O-])c1cc(S(=O)(=O)Nc2ccc(O)cc2)ccc1Cl. The molecule has 0 unspecified atom stereocenters. The lowest BCUT2D eigenvalue weighted by molar-refractivity contribution is -0.255. The van der Waals surface area contributed by atoms with E-state index in [0.717, 1.165) is 12.1 Å². The number of carboxylic acid groups (broad SMARTS) is 1. The molecule has 2 rings (SSSR count). The summed E-state index contributed by atoms with van der Waals surface area (Å²) in [5.74, 6) is -1.58. The first-order valence-electron chi connectivity index (χ1n) is 5.62. The molecule has 2 N–H and O–H groups in total. The zero-order valence-electron chi connectivity index (χ0n) is 10.4. The van der Waals surface area contributed by atoms with Crippen molar-refractivity contribution in [1.82, 2.24) is 0 Å². The van der Waals surface area contributed by atoms with Crippen LogP contribution in [0, 0.1) is 0 Å². The second-order valence-corrected chi connectivity index (χ2v) is 6.17. The number of phenolic OH excluding ortho intramolecular Hbond substituents is 1. The van der Waals surface area contributed by atoms with E-state index in [0.29, 0.717) is 0 Å². The second-order valence-electron chi connectivity index (χ2n) is 4.08. The van der Waals surface area contributed by atoms with Gasteiger partial charge in [0.1, 0.15) is 5.75 Å². The molecule has 0 heterocycles. The molecule has 6 nitrogen and oxygen atoms in total. The van der Waals surface area contributed by atoms with E-state index in [1.54, 1.807) is 0 Å². The number of carboxylic acids is 1. The Morgan fingerprint density at radius 1 is 1.14 bits per heavy atom. The maximum atomic E-state index is 12.1. The van der Waals surface area contributed by atoms with Crippen molar-refractivity contribution in [3.63, 3.8) is 0 Å². The minimum absolute atomic E-state index is 0.0105. The van der Waals surface area contributed by atoms with Crippen molar-refractivity contribution < 1.29 is 23.4 Å². The smallest absolute Gasteiger partial charge is 0.261 e. The summed E-state index contributed by atoms with van der Waals surface area (Å²) in [7, 11) is -3.98. The number of nitrogens with one attached hydrogen (secondary N) is 1. The summed E-state index contributed by atoms with van der Waals surface area (Å²) in [5, 5.41) is 19.9. The Morgan fingerprint density at radius 3 is 2.33 bits per heavy atom. The summed E-state index contributed by atoms with van der Waals surface area (Å²) in [6.07, 6.45) is 0. The van der Waals surface area contributed by atoms with Gasteiger partial charge in [0.15, 0.2) is 0 Å². The Morgan fingerprint density at radius 2 is 1.76 bits per heavy atom. The molecule has 0 amide bonds. The van der Waals surface area contributed by atoms with Crippen LogP contribution in [0.5, 0.6) is 5.75 Å². The number of sulfonamides is 1. The van der Waals surface area contributed by atoms with E-state index < -0.39 is 21.6 Å². The first kappa shape index (κ1) is 15.1. The highest BCUT2D eigenvalue weighted by atomic mass is 35.5. The molecule has 0 radical (unpaired) electrons. The number of hydrogen-bond acceptors (Lipinski definition) is 5. The molecule has 21 heavy (non-hydrogen) atoms. The monoisotopic (exact) mass is 326 g/mol. The van der Waals surface area contributed by atoms with Gasteiger partial charge in [-0.05, 0) is 42.5 Å². The first-order valence-corrected chi connectivity index (χ1v) is 7.48. The van der Waals surface area contributed by atoms with Crippen molar-refractivity contribution >= 4 is 33.3 Å². The minimum Gasteiger partial charge on any atom is -0.545 e. The molecule has 8 heteroatoms. The Kier molecular flexibility index (Phi) is 4.06. The van der Waals surface area contributed by atoms with E-state index in [1.807, 2.05) is 0 Å². The van der Waals surface area contributed by atoms with Gasteiger partial charge in [0.25, 0.3) is 10.0 Å². The number of benzene rings is 2. The Labute approximate surface area is 125 Å². The highest BCUT2D eigenvalue weighted by molar-refractivity contribution is 7.92. The lowest BCUT2D eigenvalue weighted by Gasteiger charge is -2.11. The van der Waals surface area contributed by atoms with E-state index in [-0.39, 0.29) is 21.4 Å². The molecule has 0 fully saturated rings. The number of aromatic hydroxyl groups is 1. The number of halogens is 1. The molecule has 0 spiro atoms. The van der Waals surface area contributed by atoms with Crippen LogP contribution < -0.4 is 9.83 Å². The minimum atomic E-state index is -3.98. The van der Waals surface area contributed by atoms with Crippen LogP contribution in [0.2, 0.25) is 5.02 Å². The van der Waals surface area contributed by atoms with Crippen molar-refractivity contribution in [2.24, 2.45) is 0 Å². The zero-order valence-corrected chi connectivity index (χ0v) is 12.0. The number of carbonyl (C=O) groups excluding carboxylic acids is 1. The molecule has 0 aliphatic heterocycles. The topological polar surface area (TPSA) is 107 Å². The third-order valence-electron chi connectivity index (χ3n) is 2.59. The van der Waals surface area contributed by atoms with Gasteiger partial charge >= 0.3 is 0 Å². The molecule has 0 saturated heterocycles. The van der Waals surface area contributed by atoms with Crippen molar-refractivity contribution in [3.8, 4) is 5.75 Å². The molecule has 0 aliphatic rings. The molecule has 0 bridgehead atoms. The molecule has 2 aromatic carbocycles. The fourth-order valence-corrected chi connectivity index (χ4v) is 2.85. The van der Waals surface area contributed by atoms with Crippen LogP contribution in [0.3, 0.4) is 0 Å². The first-order chi connectivity index (χ1) is 9.79. The van der Waals surface area contributed by atoms with Gasteiger partial charge in [-0.1, -0.05) is 11.6 Å². The molecular weight excluding hydrogens is 318 g/mol. The summed E-state index contributed by atoms with van der Waals surface area (Å²) in [5.41, 5.74) is -0.192. The van der Waals surface area contributed by atoms with Crippen LogP contribution in [-0.4, -0.2) is 19.5 Å². The van der Waals surface area contributed by atoms with E-state index in [2.05, 4.69) is 4.72 Å². The number of carbonyl (C=O) groups is 1. The van der Waals surface area contributed by atoms with Gasteiger partial charge in [0.2, 0.25) is 0 Å². The lowest BCUT2D eigenvalue weighted by Crippen LogP contribution is -2.23. The predicted octanol–water partition coefficient (Wildman–Crippen LogP) is 1.21. The summed E-state index contributed by atoms with van der Waals surface area (Å²) >= 11 is 5.66. The predicted molar refractivity (Wildman–Crippen MR) is 74.7 cm³/mol. The highest BCUT2D eigenvalue weighted by Crippen LogP contribution is 2.23. The molecule has 0 aromatic heterocycles. The van der Waals surface area contributed by atoms with Gasteiger partial charge in [0.05, 0.1) is 10.9 Å². The lowest BCUT2D eigenvalue weighted by atomic mass is 10.2. The summed E-state index contributed by atoms with van der Waals surface area (Å²) in [6, 6.07) is 8.61. The maximum absolute atomic E-state index is 12.1. The van der Waals surface area contributed by atoms with E-state index in [4.69, 9.17) is 16.7 Å². The van der Waals surface area contributed by atoms with Crippen LogP contribution in [0.4, 0.5) is 5.69 Å². The van der Waals surface area contributed by atoms with Crippen LogP contribution in [0.1, 0.15) is 10.4 Å². The fraction of sp³-hybridized carbons (Fsp3) is 0. The number of phenols is 1. The van der Waals surface area contributed by atoms with E-state index in [9.17, 15) is 18.3 Å². The highest BCUT2D eigenvalue weighted by Gasteiger charge is 2.16. The summed E-state index contributed by atoms with van der Waals surface area (Å²) < 4.78 is 26.5. The van der Waals surface area contributed by atoms with Gasteiger partial charge < -0.3 is 15.0 Å². The third kappa shape index (κ3) is 3.45. The largest absolute Gasteiger partial charge is 0.545 e. The van der Waals surface area contributed by atoms with Gasteiger partial charge in [0, 0.05) is 16.3 Å². The van der Waals surface area contributed by atoms with Crippen molar-refractivity contribution in [3.05, 3.63) is 53.1 Å². The average Bonchev–Trinajstić information content (AvgIpc) is 2.41. The molecule has 2 aromatic rings. The average molecular weight is 327 g/mol. The molecule has 0 atom stereocenters. The summed E-state index contributed by atoms with van der Waals surface area (Å²) in [4.78, 5) is 10.6. The molecule has 0 aliphatic carbocycles. The van der Waals surface area contributed by atoms with Gasteiger partial charge in [-0.25, -0.2) is 8.42 Å². The van der Waals surface area contributed by atoms with Gasteiger partial charge in [-0.2, -0.15) is 0 Å². The van der Waals surface area contributed by atoms with E-state index in [1.165, 1.54) is 30.3 Å². The van der Waals surface area contributed by atoms with Gasteiger partial charge in [-0.3, -0.25) is 4.72 Å². The van der Waals surface area contributed by atoms with E-state index >= 15 is 0 Å². The molecular formula is C13H9ClNO5S-. The van der Waals surface area contributed by atoms with Crippen LogP contribution in [0.15, 0.2) is 47.4 Å². The van der Waals surface area contributed by atoms with Crippen molar-refractivity contribution in [2.45, 2.75) is 4.90 Å². The Balaban J connectivity index is 2.38. The van der Waals surface area contributed by atoms with Crippen LogP contribution in [0.25, 0.3) is 0 Å². The number of aromatic carboxylic acids is 1. The number of hydrogen-bond donors (Lipinski definition) is 2. The summed E-state index contributed by atoms with van der Waals surface area (Å²) in [6.45, 7) is 0. The van der Waals surface area contributed by atoms with Crippen LogP contribution in [-0.2, 0) is 10.0 Å².